The summed E-state index contributed by atoms with van der Waals surface area (Å²) in [6.45, 7) is 7.49. The van der Waals surface area contributed by atoms with Crippen molar-refractivity contribution >= 4 is 5.97 Å². The molecule has 0 saturated carbocycles. The van der Waals surface area contributed by atoms with Crippen molar-refractivity contribution in [2.24, 2.45) is 0 Å². The zero-order chi connectivity index (χ0) is 13.1. The molecular formula is C14H20O3. The number of aryl methyl sites for hydroxylation is 2. The van der Waals surface area contributed by atoms with Crippen LogP contribution in [0.5, 0.6) is 5.75 Å². The van der Waals surface area contributed by atoms with Crippen LogP contribution in [0.25, 0.3) is 0 Å². The number of carbonyl (C=O) groups excluding carboxylic acids is 1. The van der Waals surface area contributed by atoms with Crippen molar-refractivity contribution in [1.82, 2.24) is 0 Å². The highest BCUT2D eigenvalue weighted by molar-refractivity contribution is 5.70. The van der Waals surface area contributed by atoms with E-state index in [1.165, 1.54) is 0 Å². The summed E-state index contributed by atoms with van der Waals surface area (Å²) >= 11 is 0. The van der Waals surface area contributed by atoms with Crippen molar-refractivity contribution in [3.05, 3.63) is 29.3 Å². The van der Waals surface area contributed by atoms with Gasteiger partial charge in [-0.15, -0.1) is 0 Å². The summed E-state index contributed by atoms with van der Waals surface area (Å²) in [5, 5.41) is 9.28. The first-order valence-corrected chi connectivity index (χ1v) is 5.78. The standard InChI is InChI=1S/C14H20O3/c1-10-9-12(15)7-5-11(10)6-8-13(16)17-14(2,3)4/h5,7,9,15H,6,8H2,1-4H3. The fourth-order valence-corrected chi connectivity index (χ4v) is 1.59. The number of hydrogen-bond acceptors (Lipinski definition) is 3. The summed E-state index contributed by atoms with van der Waals surface area (Å²) in [5.74, 6) is 0.0634. The van der Waals surface area contributed by atoms with Crippen molar-refractivity contribution in [2.45, 2.75) is 46.1 Å². The number of phenols is 1. The van der Waals surface area contributed by atoms with Gasteiger partial charge in [-0.2, -0.15) is 0 Å². The molecule has 0 amide bonds. The van der Waals surface area contributed by atoms with Gasteiger partial charge in [0.2, 0.25) is 0 Å². The Kier molecular flexibility index (Phi) is 4.16. The van der Waals surface area contributed by atoms with Gasteiger partial charge in [0.05, 0.1) is 0 Å². The van der Waals surface area contributed by atoms with Gasteiger partial charge in [0, 0.05) is 6.42 Å². The van der Waals surface area contributed by atoms with Crippen molar-refractivity contribution in [1.29, 1.82) is 0 Å². The molecule has 0 bridgehead atoms. The van der Waals surface area contributed by atoms with Gasteiger partial charge in [-0.3, -0.25) is 4.79 Å². The molecule has 94 valence electrons. The van der Waals surface area contributed by atoms with Crippen LogP contribution in [0.15, 0.2) is 18.2 Å². The van der Waals surface area contributed by atoms with E-state index >= 15 is 0 Å². The number of aromatic hydroxyl groups is 1. The maximum atomic E-state index is 11.5. The molecule has 3 nitrogen and oxygen atoms in total. The highest BCUT2D eigenvalue weighted by Crippen LogP contribution is 2.17. The molecule has 3 heteroatoms. The van der Waals surface area contributed by atoms with E-state index in [1.54, 1.807) is 12.1 Å². The minimum atomic E-state index is -0.429. The number of carbonyl (C=O) groups is 1. The Bertz CT molecular complexity index is 402. The number of phenolic OH excluding ortho intramolecular Hbond substituents is 1. The average molecular weight is 236 g/mol. The van der Waals surface area contributed by atoms with Crippen molar-refractivity contribution in [3.8, 4) is 5.75 Å². The zero-order valence-electron chi connectivity index (χ0n) is 10.9. The second-order valence-electron chi connectivity index (χ2n) is 5.20. The van der Waals surface area contributed by atoms with E-state index in [-0.39, 0.29) is 11.7 Å². The minimum absolute atomic E-state index is 0.190. The summed E-state index contributed by atoms with van der Waals surface area (Å²) in [5.41, 5.74) is 1.63. The Morgan fingerprint density at radius 2 is 2.00 bits per heavy atom. The van der Waals surface area contributed by atoms with Gasteiger partial charge in [-0.25, -0.2) is 0 Å². The van der Waals surface area contributed by atoms with Gasteiger partial charge < -0.3 is 9.84 Å². The summed E-state index contributed by atoms with van der Waals surface area (Å²) in [4.78, 5) is 11.5. The third-order valence-electron chi connectivity index (χ3n) is 2.34. The third kappa shape index (κ3) is 4.89. The summed E-state index contributed by atoms with van der Waals surface area (Å²) < 4.78 is 5.23. The van der Waals surface area contributed by atoms with Crippen LogP contribution in [0, 0.1) is 6.92 Å². The van der Waals surface area contributed by atoms with Gasteiger partial charge in [0.1, 0.15) is 11.4 Å². The fraction of sp³-hybridized carbons (Fsp3) is 0.500. The van der Waals surface area contributed by atoms with E-state index in [0.29, 0.717) is 12.8 Å². The van der Waals surface area contributed by atoms with Crippen LogP contribution in [-0.2, 0) is 16.0 Å². The molecule has 0 radical (unpaired) electrons. The maximum absolute atomic E-state index is 11.5. The molecule has 0 spiro atoms. The van der Waals surface area contributed by atoms with Gasteiger partial charge in [-0.1, -0.05) is 6.07 Å². The second-order valence-corrected chi connectivity index (χ2v) is 5.20. The number of hydrogen-bond donors (Lipinski definition) is 1. The predicted molar refractivity (Wildman–Crippen MR) is 67.0 cm³/mol. The number of esters is 1. The van der Waals surface area contributed by atoms with Crippen molar-refractivity contribution in [3.63, 3.8) is 0 Å². The largest absolute Gasteiger partial charge is 0.508 e. The SMILES string of the molecule is Cc1cc(O)ccc1CCC(=O)OC(C)(C)C. The molecule has 17 heavy (non-hydrogen) atoms. The Labute approximate surface area is 102 Å². The lowest BCUT2D eigenvalue weighted by Gasteiger charge is -2.19. The predicted octanol–water partition coefficient (Wildman–Crippen LogP) is 2.97. The van der Waals surface area contributed by atoms with E-state index in [4.69, 9.17) is 4.74 Å². The van der Waals surface area contributed by atoms with Gasteiger partial charge in [0.25, 0.3) is 0 Å². The topological polar surface area (TPSA) is 46.5 Å². The van der Waals surface area contributed by atoms with Crippen LogP contribution >= 0.6 is 0 Å². The molecule has 0 saturated heterocycles. The number of ether oxygens (including phenoxy) is 1. The van der Waals surface area contributed by atoms with Gasteiger partial charge in [0.15, 0.2) is 0 Å². The lowest BCUT2D eigenvalue weighted by Crippen LogP contribution is -2.24. The Morgan fingerprint density at radius 3 is 2.53 bits per heavy atom. The Morgan fingerprint density at radius 1 is 1.35 bits per heavy atom. The molecule has 0 aliphatic carbocycles. The molecule has 0 aliphatic heterocycles. The molecule has 0 aromatic heterocycles. The van der Waals surface area contributed by atoms with Crippen molar-refractivity contribution in [2.75, 3.05) is 0 Å². The molecule has 0 heterocycles. The van der Waals surface area contributed by atoms with Gasteiger partial charge in [-0.05, 0) is 57.4 Å². The lowest BCUT2D eigenvalue weighted by molar-refractivity contribution is -0.154. The molecule has 1 aromatic carbocycles. The highest BCUT2D eigenvalue weighted by Gasteiger charge is 2.16. The monoisotopic (exact) mass is 236 g/mol. The first-order chi connectivity index (χ1) is 7.78. The lowest BCUT2D eigenvalue weighted by atomic mass is 10.0. The summed E-state index contributed by atoms with van der Waals surface area (Å²) in [7, 11) is 0. The summed E-state index contributed by atoms with van der Waals surface area (Å²) in [6.07, 6.45) is 1.00. The smallest absolute Gasteiger partial charge is 0.306 e. The quantitative estimate of drug-likeness (QED) is 0.821. The Balaban J connectivity index is 2.53. The highest BCUT2D eigenvalue weighted by atomic mass is 16.6. The van der Waals surface area contributed by atoms with Crippen LogP contribution in [0.1, 0.15) is 38.3 Å². The molecule has 0 fully saturated rings. The summed E-state index contributed by atoms with van der Waals surface area (Å²) in [6, 6.07) is 5.18. The van der Waals surface area contributed by atoms with Crippen LogP contribution in [0.4, 0.5) is 0 Å². The first kappa shape index (κ1) is 13.6. The molecule has 0 aliphatic rings. The first-order valence-electron chi connectivity index (χ1n) is 5.78. The molecule has 1 aromatic rings. The molecule has 0 atom stereocenters. The Hall–Kier alpha value is -1.51. The van der Waals surface area contributed by atoms with E-state index in [2.05, 4.69) is 0 Å². The fourth-order valence-electron chi connectivity index (χ4n) is 1.59. The van der Waals surface area contributed by atoms with E-state index in [9.17, 15) is 9.90 Å². The van der Waals surface area contributed by atoms with Crippen LogP contribution in [-0.4, -0.2) is 16.7 Å². The van der Waals surface area contributed by atoms with E-state index in [1.807, 2.05) is 33.8 Å². The maximum Gasteiger partial charge on any atom is 0.306 e. The van der Waals surface area contributed by atoms with E-state index in [0.717, 1.165) is 11.1 Å². The molecule has 0 unspecified atom stereocenters. The number of benzene rings is 1. The third-order valence-corrected chi connectivity index (χ3v) is 2.34. The van der Waals surface area contributed by atoms with Gasteiger partial charge >= 0.3 is 5.97 Å². The number of rotatable bonds is 3. The van der Waals surface area contributed by atoms with Crippen LogP contribution < -0.4 is 0 Å². The molecule has 1 rings (SSSR count). The normalized spacial score (nSPS) is 11.3. The zero-order valence-corrected chi connectivity index (χ0v) is 10.9. The van der Waals surface area contributed by atoms with E-state index < -0.39 is 5.60 Å². The molecule has 1 N–H and O–H groups in total. The van der Waals surface area contributed by atoms with Crippen LogP contribution in [0.2, 0.25) is 0 Å². The van der Waals surface area contributed by atoms with Crippen LogP contribution in [0.3, 0.4) is 0 Å². The molecular weight excluding hydrogens is 216 g/mol. The second kappa shape index (κ2) is 5.21. The average Bonchev–Trinajstić information content (AvgIpc) is 2.13. The van der Waals surface area contributed by atoms with Crippen molar-refractivity contribution < 1.29 is 14.6 Å². The minimum Gasteiger partial charge on any atom is -0.508 e.